The van der Waals surface area contributed by atoms with Gasteiger partial charge in [0, 0.05) is 6.61 Å². The zero-order valence-corrected chi connectivity index (χ0v) is 6.56. The number of aliphatic hydroxyl groups is 1. The zero-order chi connectivity index (χ0) is 7.11. The second kappa shape index (κ2) is 6.15. The molecule has 0 fully saturated rings. The van der Waals surface area contributed by atoms with Crippen LogP contribution in [0.5, 0.6) is 0 Å². The van der Waals surface area contributed by atoms with Crippen LogP contribution < -0.4 is 0 Å². The molecule has 0 atom stereocenters. The summed E-state index contributed by atoms with van der Waals surface area (Å²) in [6, 6.07) is 0. The van der Waals surface area contributed by atoms with Gasteiger partial charge in [0.2, 0.25) is 0 Å². The predicted molar refractivity (Wildman–Crippen MR) is 43.2 cm³/mol. The molecule has 2 heteroatoms. The van der Waals surface area contributed by atoms with Crippen molar-refractivity contribution in [2.75, 3.05) is 6.61 Å². The van der Waals surface area contributed by atoms with Crippen LogP contribution >= 0.6 is 0 Å². The molecule has 0 aromatic rings. The summed E-state index contributed by atoms with van der Waals surface area (Å²) in [4.78, 5) is 0. The fourth-order valence-electron chi connectivity index (χ4n) is 1.08. The average Bonchev–Trinajstić information content (AvgIpc) is 1.91. The van der Waals surface area contributed by atoms with E-state index in [-0.39, 0.29) is 0 Å². The first kappa shape index (κ1) is 9.02. The van der Waals surface area contributed by atoms with E-state index in [2.05, 4.69) is 13.8 Å². The van der Waals surface area contributed by atoms with Crippen molar-refractivity contribution in [2.24, 2.45) is 0 Å². The maximum atomic E-state index is 8.51. The number of hydrogen-bond donors (Lipinski definition) is 1. The Morgan fingerprint density at radius 1 is 1.22 bits per heavy atom. The summed E-state index contributed by atoms with van der Waals surface area (Å²) in [6.45, 7) is 5.63. The highest BCUT2D eigenvalue weighted by Gasteiger charge is 2.05. The minimum absolute atomic E-state index is 0.358. The smallest absolute Gasteiger partial charge is 0.139 e. The van der Waals surface area contributed by atoms with Gasteiger partial charge in [-0.05, 0) is 6.42 Å². The van der Waals surface area contributed by atoms with Crippen LogP contribution in [0.25, 0.3) is 0 Å². The summed E-state index contributed by atoms with van der Waals surface area (Å²) in [5, 5.41) is 8.51. The van der Waals surface area contributed by atoms with Crippen molar-refractivity contribution in [1.82, 2.24) is 0 Å². The first-order chi connectivity index (χ1) is 4.35. The highest BCUT2D eigenvalue weighted by Crippen LogP contribution is 2.06. The number of rotatable bonds is 5. The highest BCUT2D eigenvalue weighted by molar-refractivity contribution is 6.58. The van der Waals surface area contributed by atoms with Gasteiger partial charge in [-0.25, -0.2) is 0 Å². The Labute approximate surface area is 58.5 Å². The van der Waals surface area contributed by atoms with E-state index in [9.17, 15) is 0 Å². The molecule has 0 aliphatic heterocycles. The molecular weight excluding hydrogens is 111 g/mol. The van der Waals surface area contributed by atoms with Crippen LogP contribution in [0.3, 0.4) is 0 Å². The van der Waals surface area contributed by atoms with Crippen LogP contribution in [0.1, 0.15) is 20.3 Å². The molecule has 0 aromatic carbocycles. The maximum absolute atomic E-state index is 8.51. The quantitative estimate of drug-likeness (QED) is 0.560. The van der Waals surface area contributed by atoms with Gasteiger partial charge in [0.25, 0.3) is 0 Å². The molecule has 0 heterocycles. The molecule has 0 aliphatic carbocycles. The molecule has 0 radical (unpaired) electrons. The normalized spacial score (nSPS) is 9.67. The third kappa shape index (κ3) is 4.52. The van der Waals surface area contributed by atoms with E-state index >= 15 is 0 Å². The Kier molecular flexibility index (Phi) is 6.17. The van der Waals surface area contributed by atoms with E-state index in [0.29, 0.717) is 6.61 Å². The molecule has 1 N–H and O–H groups in total. The summed E-state index contributed by atoms with van der Waals surface area (Å²) in [7, 11) is 0. The first-order valence-corrected chi connectivity index (χ1v) is 3.96. The van der Waals surface area contributed by atoms with E-state index in [4.69, 9.17) is 5.11 Å². The second-order valence-corrected chi connectivity index (χ2v) is 2.55. The van der Waals surface area contributed by atoms with Crippen LogP contribution in [0, 0.1) is 0 Å². The topological polar surface area (TPSA) is 20.2 Å². The van der Waals surface area contributed by atoms with Crippen LogP contribution in [0.4, 0.5) is 0 Å². The second-order valence-electron chi connectivity index (χ2n) is 2.55. The third-order valence-electron chi connectivity index (χ3n) is 1.93. The maximum Gasteiger partial charge on any atom is 0.139 e. The van der Waals surface area contributed by atoms with E-state index in [1.165, 1.54) is 19.0 Å². The van der Waals surface area contributed by atoms with Crippen LogP contribution in [-0.4, -0.2) is 18.4 Å². The monoisotopic (exact) mass is 128 g/mol. The minimum Gasteiger partial charge on any atom is -0.396 e. The van der Waals surface area contributed by atoms with Gasteiger partial charge in [0.05, 0.1) is 0 Å². The van der Waals surface area contributed by atoms with Crippen molar-refractivity contribution < 1.29 is 5.11 Å². The van der Waals surface area contributed by atoms with E-state index < -0.39 is 0 Å². The Hall–Kier alpha value is 0.0249. The summed E-state index contributed by atoms with van der Waals surface area (Å²) in [5.74, 6) is 0. The van der Waals surface area contributed by atoms with E-state index in [1.807, 2.05) is 0 Å². The summed E-state index contributed by atoms with van der Waals surface area (Å²) < 4.78 is 0. The minimum atomic E-state index is 0.358. The highest BCUT2D eigenvalue weighted by atomic mass is 16.2. The predicted octanol–water partition coefficient (Wildman–Crippen LogP) is 1.90. The lowest BCUT2D eigenvalue weighted by Gasteiger charge is -2.04. The van der Waals surface area contributed by atoms with Gasteiger partial charge in [-0.2, -0.15) is 0 Å². The third-order valence-corrected chi connectivity index (χ3v) is 1.93. The average molecular weight is 128 g/mol. The number of aliphatic hydroxyl groups excluding tert-OH is 1. The molecule has 9 heavy (non-hydrogen) atoms. The molecule has 0 spiro atoms. The van der Waals surface area contributed by atoms with E-state index in [0.717, 1.165) is 13.1 Å². The van der Waals surface area contributed by atoms with Crippen LogP contribution in [0.15, 0.2) is 0 Å². The fourth-order valence-corrected chi connectivity index (χ4v) is 1.08. The summed E-state index contributed by atoms with van der Waals surface area (Å²) in [5.41, 5.74) is 0. The SMILES string of the molecule is CCB(CC)CCCO. The van der Waals surface area contributed by atoms with Gasteiger partial charge >= 0.3 is 0 Å². The molecule has 0 aromatic heterocycles. The van der Waals surface area contributed by atoms with Gasteiger partial charge in [0.15, 0.2) is 0 Å². The lowest BCUT2D eigenvalue weighted by Crippen LogP contribution is -2.08. The summed E-state index contributed by atoms with van der Waals surface area (Å²) >= 11 is 0. The summed E-state index contributed by atoms with van der Waals surface area (Å²) in [6.07, 6.45) is 4.70. The van der Waals surface area contributed by atoms with Crippen molar-refractivity contribution in [3.05, 3.63) is 0 Å². The van der Waals surface area contributed by atoms with E-state index in [1.54, 1.807) is 0 Å². The Morgan fingerprint density at radius 2 is 1.78 bits per heavy atom. The van der Waals surface area contributed by atoms with Crippen LogP contribution in [-0.2, 0) is 0 Å². The molecule has 0 bridgehead atoms. The first-order valence-electron chi connectivity index (χ1n) is 3.96. The molecule has 0 unspecified atom stereocenters. The lowest BCUT2D eigenvalue weighted by atomic mass is 9.43. The molecule has 0 aliphatic rings. The molecule has 0 rings (SSSR count). The van der Waals surface area contributed by atoms with Gasteiger partial charge in [-0.1, -0.05) is 32.8 Å². The van der Waals surface area contributed by atoms with Crippen molar-refractivity contribution >= 4 is 6.71 Å². The molecule has 0 saturated heterocycles. The Morgan fingerprint density at radius 3 is 2.11 bits per heavy atom. The Bertz CT molecular complexity index is 52.9. The largest absolute Gasteiger partial charge is 0.396 e. The van der Waals surface area contributed by atoms with Crippen molar-refractivity contribution in [3.8, 4) is 0 Å². The van der Waals surface area contributed by atoms with Crippen molar-refractivity contribution in [1.29, 1.82) is 0 Å². The van der Waals surface area contributed by atoms with Crippen LogP contribution in [0.2, 0.25) is 19.0 Å². The lowest BCUT2D eigenvalue weighted by molar-refractivity contribution is 0.294. The molecule has 54 valence electrons. The molecule has 1 nitrogen and oxygen atoms in total. The van der Waals surface area contributed by atoms with Crippen molar-refractivity contribution in [3.63, 3.8) is 0 Å². The molecule has 0 amide bonds. The van der Waals surface area contributed by atoms with Gasteiger partial charge < -0.3 is 5.11 Å². The van der Waals surface area contributed by atoms with Gasteiger partial charge in [0.1, 0.15) is 6.71 Å². The zero-order valence-electron chi connectivity index (χ0n) is 6.56. The fraction of sp³-hybridized carbons (Fsp3) is 1.00. The number of hydrogen-bond acceptors (Lipinski definition) is 1. The standard InChI is InChI=1S/C7H17BO/c1-3-8(4-2)6-5-7-9/h9H,3-7H2,1-2H3. The molecular formula is C7H17BO. The van der Waals surface area contributed by atoms with Crippen molar-refractivity contribution in [2.45, 2.75) is 39.2 Å². The Balaban J connectivity index is 3.09. The van der Waals surface area contributed by atoms with Gasteiger partial charge in [-0.15, -0.1) is 0 Å². The van der Waals surface area contributed by atoms with Gasteiger partial charge in [-0.3, -0.25) is 0 Å². The molecule has 0 saturated carbocycles.